The summed E-state index contributed by atoms with van der Waals surface area (Å²) in [6.45, 7) is 5.88. The van der Waals surface area contributed by atoms with E-state index >= 15 is 0 Å². The van der Waals surface area contributed by atoms with E-state index in [-0.39, 0.29) is 12.2 Å². The number of nitriles is 1. The molecule has 1 saturated heterocycles. The third-order valence-corrected chi connectivity index (χ3v) is 3.25. The standard InChI is InChI=1S/C13H15BrN2O/c1-9-7-16(8-10(2)17-9)13-4-11(6-15)3-12(14)5-13/h3-5,9-10H,7-8H2,1-2H3. The van der Waals surface area contributed by atoms with E-state index < -0.39 is 0 Å². The largest absolute Gasteiger partial charge is 0.372 e. The number of nitrogens with zero attached hydrogens (tertiary/aromatic N) is 2. The molecule has 0 bridgehead atoms. The zero-order valence-electron chi connectivity index (χ0n) is 9.98. The van der Waals surface area contributed by atoms with Crippen LogP contribution in [0.2, 0.25) is 0 Å². The molecular formula is C13H15BrN2O. The maximum absolute atomic E-state index is 8.97. The summed E-state index contributed by atoms with van der Waals surface area (Å²) in [6, 6.07) is 7.99. The molecule has 1 aromatic rings. The summed E-state index contributed by atoms with van der Waals surface area (Å²) in [4.78, 5) is 2.27. The lowest BCUT2D eigenvalue weighted by molar-refractivity contribution is -0.00522. The van der Waals surface area contributed by atoms with Crippen LogP contribution >= 0.6 is 15.9 Å². The summed E-state index contributed by atoms with van der Waals surface area (Å²) < 4.78 is 6.65. The fourth-order valence-electron chi connectivity index (χ4n) is 2.21. The van der Waals surface area contributed by atoms with Crippen molar-refractivity contribution in [2.24, 2.45) is 0 Å². The Balaban J connectivity index is 2.27. The molecule has 0 radical (unpaired) electrons. The minimum atomic E-state index is 0.225. The van der Waals surface area contributed by atoms with Crippen molar-refractivity contribution < 1.29 is 4.74 Å². The first kappa shape index (κ1) is 12.4. The number of ether oxygens (including phenoxy) is 1. The molecule has 1 fully saturated rings. The van der Waals surface area contributed by atoms with Crippen molar-refractivity contribution in [1.29, 1.82) is 5.26 Å². The van der Waals surface area contributed by atoms with Crippen molar-refractivity contribution in [3.8, 4) is 6.07 Å². The summed E-state index contributed by atoms with van der Waals surface area (Å²) in [6.07, 6.45) is 0.450. The van der Waals surface area contributed by atoms with Crippen molar-refractivity contribution in [2.45, 2.75) is 26.1 Å². The van der Waals surface area contributed by atoms with Crippen molar-refractivity contribution in [3.63, 3.8) is 0 Å². The molecule has 0 N–H and O–H groups in total. The van der Waals surface area contributed by atoms with Gasteiger partial charge in [0.25, 0.3) is 0 Å². The third kappa shape index (κ3) is 2.99. The molecule has 1 heterocycles. The van der Waals surface area contributed by atoms with E-state index in [0.717, 1.165) is 23.2 Å². The van der Waals surface area contributed by atoms with Gasteiger partial charge in [0.15, 0.2) is 0 Å². The van der Waals surface area contributed by atoms with Crippen LogP contribution in [0.15, 0.2) is 22.7 Å². The highest BCUT2D eigenvalue weighted by molar-refractivity contribution is 9.10. The monoisotopic (exact) mass is 294 g/mol. The van der Waals surface area contributed by atoms with Crippen molar-refractivity contribution >= 4 is 21.6 Å². The zero-order chi connectivity index (χ0) is 12.4. The maximum atomic E-state index is 8.97. The molecule has 0 saturated carbocycles. The van der Waals surface area contributed by atoms with Crippen molar-refractivity contribution in [1.82, 2.24) is 0 Å². The van der Waals surface area contributed by atoms with E-state index in [1.807, 2.05) is 18.2 Å². The second kappa shape index (κ2) is 5.07. The van der Waals surface area contributed by atoms with E-state index in [1.54, 1.807) is 0 Å². The van der Waals surface area contributed by atoms with Gasteiger partial charge in [-0.05, 0) is 32.0 Å². The van der Waals surface area contributed by atoms with Crippen LogP contribution in [0.25, 0.3) is 0 Å². The van der Waals surface area contributed by atoms with Gasteiger partial charge < -0.3 is 9.64 Å². The van der Waals surface area contributed by atoms with Gasteiger partial charge in [0.1, 0.15) is 0 Å². The number of morpholine rings is 1. The molecule has 3 nitrogen and oxygen atoms in total. The summed E-state index contributed by atoms with van der Waals surface area (Å²) in [5.41, 5.74) is 1.76. The molecule has 2 unspecified atom stereocenters. The molecule has 0 aliphatic carbocycles. The fraction of sp³-hybridized carbons (Fsp3) is 0.462. The Labute approximate surface area is 110 Å². The van der Waals surface area contributed by atoms with E-state index in [1.165, 1.54) is 0 Å². The molecular weight excluding hydrogens is 280 g/mol. The van der Waals surface area contributed by atoms with E-state index in [0.29, 0.717) is 5.56 Å². The van der Waals surface area contributed by atoms with Crippen LogP contribution in [0.3, 0.4) is 0 Å². The van der Waals surface area contributed by atoms with Crippen LogP contribution < -0.4 is 4.90 Å². The summed E-state index contributed by atoms with van der Waals surface area (Å²) in [5, 5.41) is 8.97. The lowest BCUT2D eigenvalue weighted by atomic mass is 10.1. The maximum Gasteiger partial charge on any atom is 0.0992 e. The van der Waals surface area contributed by atoms with Gasteiger partial charge in [0.2, 0.25) is 0 Å². The normalized spacial score (nSPS) is 24.5. The van der Waals surface area contributed by atoms with Gasteiger partial charge in [-0.1, -0.05) is 15.9 Å². The second-order valence-electron chi connectivity index (χ2n) is 4.47. The van der Waals surface area contributed by atoms with Crippen LogP contribution in [-0.4, -0.2) is 25.3 Å². The van der Waals surface area contributed by atoms with Crippen LogP contribution in [0.4, 0.5) is 5.69 Å². The SMILES string of the molecule is CC1CN(c2cc(Br)cc(C#N)c2)CC(C)O1. The lowest BCUT2D eigenvalue weighted by Crippen LogP contribution is -2.45. The zero-order valence-corrected chi connectivity index (χ0v) is 11.6. The smallest absolute Gasteiger partial charge is 0.0992 e. The third-order valence-electron chi connectivity index (χ3n) is 2.80. The average molecular weight is 295 g/mol. The van der Waals surface area contributed by atoms with Gasteiger partial charge >= 0.3 is 0 Å². The van der Waals surface area contributed by atoms with Gasteiger partial charge in [0.05, 0.1) is 23.8 Å². The Hall–Kier alpha value is -1.05. The molecule has 0 amide bonds. The van der Waals surface area contributed by atoms with Crippen LogP contribution in [-0.2, 0) is 4.74 Å². The summed E-state index contributed by atoms with van der Waals surface area (Å²) in [7, 11) is 0. The topological polar surface area (TPSA) is 36.3 Å². The molecule has 4 heteroatoms. The highest BCUT2D eigenvalue weighted by atomic mass is 79.9. The Bertz CT molecular complexity index is 445. The Morgan fingerprint density at radius 3 is 2.53 bits per heavy atom. The van der Waals surface area contributed by atoms with E-state index in [2.05, 4.69) is 40.7 Å². The van der Waals surface area contributed by atoms with Gasteiger partial charge in [-0.15, -0.1) is 0 Å². The molecule has 1 aliphatic rings. The molecule has 1 aromatic carbocycles. The fourth-order valence-corrected chi connectivity index (χ4v) is 2.69. The Kier molecular flexibility index (Phi) is 3.70. The predicted octanol–water partition coefficient (Wildman–Crippen LogP) is 2.93. The van der Waals surface area contributed by atoms with Gasteiger partial charge in [0, 0.05) is 23.2 Å². The average Bonchev–Trinajstić information content (AvgIpc) is 2.26. The minimum Gasteiger partial charge on any atom is -0.372 e. The molecule has 2 atom stereocenters. The quantitative estimate of drug-likeness (QED) is 0.799. The molecule has 0 aromatic heterocycles. The minimum absolute atomic E-state index is 0.225. The van der Waals surface area contributed by atoms with Gasteiger partial charge in [-0.3, -0.25) is 0 Å². The second-order valence-corrected chi connectivity index (χ2v) is 5.39. The Morgan fingerprint density at radius 1 is 1.29 bits per heavy atom. The number of hydrogen-bond donors (Lipinski definition) is 0. The van der Waals surface area contributed by atoms with E-state index in [4.69, 9.17) is 10.00 Å². The van der Waals surface area contributed by atoms with Crippen LogP contribution in [0.1, 0.15) is 19.4 Å². The first-order valence-electron chi connectivity index (χ1n) is 5.69. The Morgan fingerprint density at radius 2 is 1.94 bits per heavy atom. The summed E-state index contributed by atoms with van der Waals surface area (Å²) in [5.74, 6) is 0. The number of hydrogen-bond acceptors (Lipinski definition) is 3. The lowest BCUT2D eigenvalue weighted by Gasteiger charge is -2.37. The van der Waals surface area contributed by atoms with Crippen molar-refractivity contribution in [2.75, 3.05) is 18.0 Å². The van der Waals surface area contributed by atoms with Crippen molar-refractivity contribution in [3.05, 3.63) is 28.2 Å². The van der Waals surface area contributed by atoms with Crippen LogP contribution in [0, 0.1) is 11.3 Å². The van der Waals surface area contributed by atoms with E-state index in [9.17, 15) is 0 Å². The number of anilines is 1. The predicted molar refractivity (Wildman–Crippen MR) is 71.1 cm³/mol. The molecule has 2 rings (SSSR count). The number of halogens is 1. The van der Waals surface area contributed by atoms with Gasteiger partial charge in [-0.2, -0.15) is 5.26 Å². The van der Waals surface area contributed by atoms with Crippen LogP contribution in [0.5, 0.6) is 0 Å². The first-order chi connectivity index (χ1) is 8.08. The highest BCUT2D eigenvalue weighted by Gasteiger charge is 2.22. The summed E-state index contributed by atoms with van der Waals surface area (Å²) >= 11 is 3.44. The highest BCUT2D eigenvalue weighted by Crippen LogP contribution is 2.25. The number of benzene rings is 1. The molecule has 0 spiro atoms. The molecule has 17 heavy (non-hydrogen) atoms. The van der Waals surface area contributed by atoms with Gasteiger partial charge in [-0.25, -0.2) is 0 Å². The number of rotatable bonds is 1. The molecule has 90 valence electrons. The first-order valence-corrected chi connectivity index (χ1v) is 6.49. The molecule has 1 aliphatic heterocycles.